The van der Waals surface area contributed by atoms with Crippen LogP contribution in [0.1, 0.15) is 53.8 Å². The molecule has 3 N–H and O–H groups in total. The lowest BCUT2D eigenvalue weighted by atomic mass is 10.1. The Balaban J connectivity index is 2.62. The van der Waals surface area contributed by atoms with E-state index in [1.54, 1.807) is 24.3 Å². The molecular weight excluding hydrogens is 268 g/mol. The molecule has 1 rings (SSSR count). The Hall–Kier alpha value is -1.88. The van der Waals surface area contributed by atoms with E-state index < -0.39 is 6.10 Å². The molecular formula is C16H24N2O3. The van der Waals surface area contributed by atoms with Gasteiger partial charge in [0.25, 0.3) is 11.8 Å². The van der Waals surface area contributed by atoms with Crippen LogP contribution in [-0.2, 0) is 0 Å². The Morgan fingerprint density at radius 1 is 1.10 bits per heavy atom. The average molecular weight is 292 g/mol. The molecule has 5 heteroatoms. The highest BCUT2D eigenvalue weighted by Crippen LogP contribution is 2.06. The van der Waals surface area contributed by atoms with Gasteiger partial charge in [-0.2, -0.15) is 0 Å². The van der Waals surface area contributed by atoms with Crippen LogP contribution in [-0.4, -0.2) is 36.1 Å². The molecule has 0 saturated heterocycles. The van der Waals surface area contributed by atoms with Gasteiger partial charge in [0.15, 0.2) is 0 Å². The van der Waals surface area contributed by atoms with E-state index in [-0.39, 0.29) is 18.4 Å². The molecule has 21 heavy (non-hydrogen) atoms. The van der Waals surface area contributed by atoms with Gasteiger partial charge >= 0.3 is 0 Å². The maximum absolute atomic E-state index is 12.0. The van der Waals surface area contributed by atoms with Crippen molar-refractivity contribution in [3.05, 3.63) is 35.4 Å². The second kappa shape index (κ2) is 9.13. The molecule has 0 aliphatic heterocycles. The molecule has 116 valence electrons. The van der Waals surface area contributed by atoms with Gasteiger partial charge < -0.3 is 15.7 Å². The summed E-state index contributed by atoms with van der Waals surface area (Å²) in [5.41, 5.74) is 0.882. The van der Waals surface area contributed by atoms with Crippen LogP contribution in [0.15, 0.2) is 24.3 Å². The Labute approximate surface area is 125 Å². The Bertz CT molecular complexity index is 474. The Morgan fingerprint density at radius 3 is 2.29 bits per heavy atom. The smallest absolute Gasteiger partial charge is 0.251 e. The maximum atomic E-state index is 12.0. The molecule has 0 spiro atoms. The lowest BCUT2D eigenvalue weighted by Crippen LogP contribution is -2.32. The molecule has 0 heterocycles. The lowest BCUT2D eigenvalue weighted by molar-refractivity contribution is 0.0910. The highest BCUT2D eigenvalue weighted by molar-refractivity contribution is 5.99. The third-order valence-electron chi connectivity index (χ3n) is 3.04. The maximum Gasteiger partial charge on any atom is 0.251 e. The van der Waals surface area contributed by atoms with Crippen LogP contribution in [0.4, 0.5) is 0 Å². The molecule has 0 aliphatic rings. The number of rotatable bonds is 8. The first-order valence-corrected chi connectivity index (χ1v) is 7.43. The second-order valence-corrected chi connectivity index (χ2v) is 4.99. The normalized spacial score (nSPS) is 11.8. The number of aliphatic hydroxyl groups excluding tert-OH is 1. The van der Waals surface area contributed by atoms with E-state index in [4.69, 9.17) is 0 Å². The molecule has 0 aromatic heterocycles. The summed E-state index contributed by atoms with van der Waals surface area (Å²) in [6.07, 6.45) is 1.85. The van der Waals surface area contributed by atoms with Crippen LogP contribution < -0.4 is 10.6 Å². The fourth-order valence-electron chi connectivity index (χ4n) is 1.89. The third kappa shape index (κ3) is 5.95. The van der Waals surface area contributed by atoms with Crippen molar-refractivity contribution >= 4 is 11.8 Å². The summed E-state index contributed by atoms with van der Waals surface area (Å²) in [7, 11) is 0. The summed E-state index contributed by atoms with van der Waals surface area (Å²) < 4.78 is 0. The minimum absolute atomic E-state index is 0.183. The van der Waals surface area contributed by atoms with Crippen molar-refractivity contribution < 1.29 is 14.7 Å². The number of hydrogen-bond donors (Lipinski definition) is 3. The lowest BCUT2D eigenvalue weighted by Gasteiger charge is -2.11. The number of amides is 2. The largest absolute Gasteiger partial charge is 0.391 e. The summed E-state index contributed by atoms with van der Waals surface area (Å²) >= 11 is 0. The van der Waals surface area contributed by atoms with Gasteiger partial charge in [-0.25, -0.2) is 0 Å². The standard InChI is InChI=1S/C16H24N2O3/c1-3-6-14(19)11-18-16(21)13-8-5-7-12(10-13)15(20)17-9-4-2/h5,7-8,10,14,19H,3-4,6,9,11H2,1-2H3,(H,17,20)(H,18,21). The van der Waals surface area contributed by atoms with Gasteiger partial charge in [0.05, 0.1) is 6.10 Å². The van der Waals surface area contributed by atoms with Gasteiger partial charge in [-0.3, -0.25) is 9.59 Å². The quantitative estimate of drug-likeness (QED) is 0.682. The van der Waals surface area contributed by atoms with Gasteiger partial charge in [-0.1, -0.05) is 26.3 Å². The van der Waals surface area contributed by atoms with Gasteiger partial charge in [0.1, 0.15) is 0 Å². The van der Waals surface area contributed by atoms with Crippen LogP contribution in [0.25, 0.3) is 0 Å². The van der Waals surface area contributed by atoms with E-state index in [0.29, 0.717) is 24.1 Å². The van der Waals surface area contributed by atoms with Crippen LogP contribution in [0.5, 0.6) is 0 Å². The van der Waals surface area contributed by atoms with Crippen LogP contribution in [0.3, 0.4) is 0 Å². The first kappa shape index (κ1) is 17.2. The predicted octanol–water partition coefficient (Wildman–Crippen LogP) is 1.72. The predicted molar refractivity (Wildman–Crippen MR) is 82.3 cm³/mol. The highest BCUT2D eigenvalue weighted by atomic mass is 16.3. The Kier molecular flexibility index (Phi) is 7.46. The Morgan fingerprint density at radius 2 is 1.71 bits per heavy atom. The molecule has 1 unspecified atom stereocenters. The van der Waals surface area contributed by atoms with Crippen molar-refractivity contribution in [2.75, 3.05) is 13.1 Å². The average Bonchev–Trinajstić information content (AvgIpc) is 2.50. The fraction of sp³-hybridized carbons (Fsp3) is 0.500. The zero-order chi connectivity index (χ0) is 15.7. The second-order valence-electron chi connectivity index (χ2n) is 4.99. The first-order chi connectivity index (χ1) is 10.1. The van der Waals surface area contributed by atoms with Crippen molar-refractivity contribution in [2.24, 2.45) is 0 Å². The minimum atomic E-state index is -0.532. The number of nitrogens with one attached hydrogen (secondary N) is 2. The summed E-state index contributed by atoms with van der Waals surface area (Å²) in [5.74, 6) is -0.465. The number of carbonyl (C=O) groups is 2. The summed E-state index contributed by atoms with van der Waals surface area (Å²) in [4.78, 5) is 23.8. The monoisotopic (exact) mass is 292 g/mol. The van der Waals surface area contributed by atoms with Crippen molar-refractivity contribution in [3.63, 3.8) is 0 Å². The van der Waals surface area contributed by atoms with Crippen molar-refractivity contribution in [1.29, 1.82) is 0 Å². The summed E-state index contributed by atoms with van der Waals surface area (Å²) in [6, 6.07) is 6.57. The van der Waals surface area contributed by atoms with E-state index in [1.165, 1.54) is 0 Å². The van der Waals surface area contributed by atoms with Gasteiger partial charge in [-0.15, -0.1) is 0 Å². The molecule has 2 amide bonds. The molecule has 1 aromatic rings. The van der Waals surface area contributed by atoms with Crippen molar-refractivity contribution in [3.8, 4) is 0 Å². The first-order valence-electron chi connectivity index (χ1n) is 7.43. The van der Waals surface area contributed by atoms with E-state index in [1.807, 2.05) is 13.8 Å². The molecule has 0 aliphatic carbocycles. The summed E-state index contributed by atoms with van der Waals surface area (Å²) in [6.45, 7) is 4.78. The molecule has 5 nitrogen and oxygen atoms in total. The van der Waals surface area contributed by atoms with E-state index >= 15 is 0 Å². The van der Waals surface area contributed by atoms with Gasteiger partial charge in [-0.05, 0) is 31.0 Å². The van der Waals surface area contributed by atoms with Crippen LogP contribution in [0.2, 0.25) is 0 Å². The minimum Gasteiger partial charge on any atom is -0.391 e. The fourth-order valence-corrected chi connectivity index (χ4v) is 1.89. The molecule has 0 radical (unpaired) electrons. The van der Waals surface area contributed by atoms with E-state index in [2.05, 4.69) is 10.6 Å². The number of aliphatic hydroxyl groups is 1. The van der Waals surface area contributed by atoms with Gasteiger partial charge in [0, 0.05) is 24.2 Å². The highest BCUT2D eigenvalue weighted by Gasteiger charge is 2.11. The SMILES string of the molecule is CCCNC(=O)c1cccc(C(=O)NCC(O)CCC)c1. The molecule has 1 aromatic carbocycles. The number of hydrogen-bond acceptors (Lipinski definition) is 3. The van der Waals surface area contributed by atoms with E-state index in [0.717, 1.165) is 12.8 Å². The zero-order valence-corrected chi connectivity index (χ0v) is 12.7. The van der Waals surface area contributed by atoms with E-state index in [9.17, 15) is 14.7 Å². The van der Waals surface area contributed by atoms with Crippen molar-refractivity contribution in [2.45, 2.75) is 39.2 Å². The molecule has 0 fully saturated rings. The number of carbonyl (C=O) groups excluding carboxylic acids is 2. The van der Waals surface area contributed by atoms with Gasteiger partial charge in [0.2, 0.25) is 0 Å². The van der Waals surface area contributed by atoms with Crippen LogP contribution in [0, 0.1) is 0 Å². The van der Waals surface area contributed by atoms with Crippen molar-refractivity contribution in [1.82, 2.24) is 10.6 Å². The number of benzene rings is 1. The third-order valence-corrected chi connectivity index (χ3v) is 3.04. The molecule has 0 saturated carbocycles. The molecule has 1 atom stereocenters. The van der Waals surface area contributed by atoms with Crippen LogP contribution >= 0.6 is 0 Å². The zero-order valence-electron chi connectivity index (χ0n) is 12.7. The topological polar surface area (TPSA) is 78.4 Å². The molecule has 0 bridgehead atoms. The summed E-state index contributed by atoms with van der Waals surface area (Å²) in [5, 5.41) is 15.0.